The van der Waals surface area contributed by atoms with E-state index in [2.05, 4.69) is 4.72 Å². The van der Waals surface area contributed by atoms with Gasteiger partial charge < -0.3 is 14.4 Å². The van der Waals surface area contributed by atoms with Gasteiger partial charge in [-0.2, -0.15) is 0 Å². The molecule has 1 aliphatic rings. The average molecular weight is 526 g/mol. The molecule has 3 rings (SSSR count). The lowest BCUT2D eigenvalue weighted by Crippen LogP contribution is -2.36. The number of benzene rings is 2. The Morgan fingerprint density at radius 3 is 2.20 bits per heavy atom. The number of nitrogens with zero attached hydrogens (tertiary/aromatic N) is 2. The van der Waals surface area contributed by atoms with E-state index in [4.69, 9.17) is 9.47 Å². The molecule has 10 nitrogen and oxygen atoms in total. The zero-order chi connectivity index (χ0) is 25.6. The molecule has 2 aromatic carbocycles. The number of sulfonamides is 2. The van der Waals surface area contributed by atoms with Gasteiger partial charge in [-0.3, -0.25) is 4.79 Å². The molecule has 0 aromatic heterocycles. The van der Waals surface area contributed by atoms with Crippen LogP contribution in [0.1, 0.15) is 29.6 Å². The van der Waals surface area contributed by atoms with Gasteiger partial charge in [0.05, 0.1) is 22.5 Å². The molecule has 0 aliphatic carbocycles. The Labute approximate surface area is 206 Å². The molecule has 0 saturated carbocycles. The van der Waals surface area contributed by atoms with E-state index in [0.29, 0.717) is 24.6 Å². The molecule has 2 aromatic rings. The highest BCUT2D eigenvalue weighted by Crippen LogP contribution is 2.25. The van der Waals surface area contributed by atoms with Gasteiger partial charge in [0, 0.05) is 33.7 Å². The Hall–Kier alpha value is -2.67. The van der Waals surface area contributed by atoms with E-state index in [9.17, 15) is 21.6 Å². The fourth-order valence-electron chi connectivity index (χ4n) is 3.64. The third-order valence-corrected chi connectivity index (χ3v) is 8.91. The number of nitrogens with one attached hydrogen (secondary N) is 1. The van der Waals surface area contributed by atoms with Crippen molar-refractivity contribution in [2.45, 2.75) is 29.1 Å². The Morgan fingerprint density at radius 2 is 1.60 bits per heavy atom. The quantitative estimate of drug-likeness (QED) is 0.470. The molecule has 0 radical (unpaired) electrons. The minimum Gasteiger partial charge on any atom is -0.496 e. The predicted octanol–water partition coefficient (Wildman–Crippen LogP) is 1.93. The number of methoxy groups -OCH3 is 1. The second-order valence-corrected chi connectivity index (χ2v) is 12.1. The zero-order valence-corrected chi connectivity index (χ0v) is 21.7. The topological polar surface area (TPSA) is 122 Å². The average Bonchev–Trinajstić information content (AvgIpc) is 2.86. The monoisotopic (exact) mass is 525 g/mol. The molecule has 1 N–H and O–H groups in total. The highest BCUT2D eigenvalue weighted by molar-refractivity contribution is 7.89. The number of piperidine rings is 1. The van der Waals surface area contributed by atoms with E-state index < -0.39 is 20.0 Å². The van der Waals surface area contributed by atoms with Gasteiger partial charge in [-0.1, -0.05) is 0 Å². The number of rotatable bonds is 10. The first-order chi connectivity index (χ1) is 16.6. The first-order valence-corrected chi connectivity index (χ1v) is 14.1. The maximum Gasteiger partial charge on any atom is 0.257 e. The Morgan fingerprint density at radius 1 is 0.971 bits per heavy atom. The largest absolute Gasteiger partial charge is 0.496 e. The maximum atomic E-state index is 13.0. The van der Waals surface area contributed by atoms with Crippen molar-refractivity contribution >= 4 is 26.0 Å². The van der Waals surface area contributed by atoms with Gasteiger partial charge >= 0.3 is 0 Å². The molecule has 192 valence electrons. The van der Waals surface area contributed by atoms with Gasteiger partial charge in [0.15, 0.2) is 0 Å². The lowest BCUT2D eigenvalue weighted by Gasteiger charge is -2.27. The second-order valence-electron chi connectivity index (χ2n) is 8.22. The summed E-state index contributed by atoms with van der Waals surface area (Å²) in [5.41, 5.74) is 0.210. The first kappa shape index (κ1) is 26.9. The lowest BCUT2D eigenvalue weighted by molar-refractivity contribution is 0.0720. The predicted molar refractivity (Wildman–Crippen MR) is 131 cm³/mol. The second kappa shape index (κ2) is 11.4. The van der Waals surface area contributed by atoms with Crippen molar-refractivity contribution in [2.75, 3.05) is 47.4 Å². The molecule has 1 fully saturated rings. The fourth-order valence-corrected chi connectivity index (χ4v) is 5.58. The van der Waals surface area contributed by atoms with Gasteiger partial charge in [-0.05, 0) is 61.7 Å². The van der Waals surface area contributed by atoms with Crippen LogP contribution in [0.4, 0.5) is 0 Å². The van der Waals surface area contributed by atoms with Crippen molar-refractivity contribution in [1.82, 2.24) is 13.9 Å². The number of ether oxygens (including phenoxy) is 2. The van der Waals surface area contributed by atoms with Gasteiger partial charge in [-0.15, -0.1) is 0 Å². The third-order valence-electron chi connectivity index (χ3n) is 5.62. The number of hydrogen-bond acceptors (Lipinski definition) is 7. The van der Waals surface area contributed by atoms with Crippen LogP contribution in [-0.2, 0) is 20.0 Å². The molecule has 0 bridgehead atoms. The highest BCUT2D eigenvalue weighted by Gasteiger charge is 2.24. The van der Waals surface area contributed by atoms with E-state index in [1.54, 1.807) is 4.90 Å². The molecular formula is C23H31N3O7S2. The minimum absolute atomic E-state index is 0.0225. The molecule has 0 atom stereocenters. The molecule has 35 heavy (non-hydrogen) atoms. The van der Waals surface area contributed by atoms with Crippen molar-refractivity contribution in [1.29, 1.82) is 0 Å². The molecule has 0 unspecified atom stereocenters. The number of likely N-dealkylation sites (tertiary alicyclic amines) is 1. The van der Waals surface area contributed by atoms with Crippen molar-refractivity contribution in [3.05, 3.63) is 48.0 Å². The zero-order valence-electron chi connectivity index (χ0n) is 20.1. The summed E-state index contributed by atoms with van der Waals surface area (Å²) in [6.45, 7) is 1.27. The number of carbonyl (C=O) groups is 1. The lowest BCUT2D eigenvalue weighted by atomic mass is 10.1. The molecule has 12 heteroatoms. The van der Waals surface area contributed by atoms with Gasteiger partial charge in [-0.25, -0.2) is 25.9 Å². The summed E-state index contributed by atoms with van der Waals surface area (Å²) in [6, 6.07) is 10.1. The molecule has 1 saturated heterocycles. The van der Waals surface area contributed by atoms with Crippen LogP contribution >= 0.6 is 0 Å². The fraction of sp³-hybridized carbons (Fsp3) is 0.435. The van der Waals surface area contributed by atoms with Gasteiger partial charge in [0.1, 0.15) is 18.1 Å². The Kier molecular flexibility index (Phi) is 8.75. The number of amides is 1. The van der Waals surface area contributed by atoms with Crippen molar-refractivity contribution < 1.29 is 31.1 Å². The van der Waals surface area contributed by atoms with E-state index in [1.165, 1.54) is 63.7 Å². The van der Waals surface area contributed by atoms with Crippen LogP contribution in [0.3, 0.4) is 0 Å². The van der Waals surface area contributed by atoms with E-state index >= 15 is 0 Å². The Balaban J connectivity index is 1.62. The molecule has 0 spiro atoms. The van der Waals surface area contributed by atoms with Gasteiger partial charge in [0.2, 0.25) is 20.0 Å². The van der Waals surface area contributed by atoms with Crippen LogP contribution in [0.2, 0.25) is 0 Å². The summed E-state index contributed by atoms with van der Waals surface area (Å²) in [7, 11) is -3.11. The number of hydrogen-bond donors (Lipinski definition) is 1. The van der Waals surface area contributed by atoms with Crippen molar-refractivity contribution in [2.24, 2.45) is 0 Å². The normalized spacial score (nSPS) is 14.7. The van der Waals surface area contributed by atoms with Crippen molar-refractivity contribution in [3.63, 3.8) is 0 Å². The molecule has 1 heterocycles. The highest BCUT2D eigenvalue weighted by atomic mass is 32.2. The van der Waals surface area contributed by atoms with Crippen LogP contribution < -0.4 is 14.2 Å². The van der Waals surface area contributed by atoms with Crippen LogP contribution in [0.15, 0.2) is 52.3 Å². The molecule has 1 aliphatic heterocycles. The van der Waals surface area contributed by atoms with Crippen molar-refractivity contribution in [3.8, 4) is 11.5 Å². The summed E-state index contributed by atoms with van der Waals surface area (Å²) in [5.74, 6) is 0.477. The summed E-state index contributed by atoms with van der Waals surface area (Å²) < 4.78 is 64.3. The minimum atomic E-state index is -3.90. The number of carbonyl (C=O) groups excluding carboxylic acids is 1. The van der Waals surface area contributed by atoms with Crippen LogP contribution in [0.25, 0.3) is 0 Å². The molecule has 1 amide bonds. The molecular weight excluding hydrogens is 494 g/mol. The summed E-state index contributed by atoms with van der Waals surface area (Å²) >= 11 is 0. The SMILES string of the molecule is COc1ccc(S(=O)(=O)NCCOc2ccc(S(=O)(=O)N(C)C)cc2)cc1C(=O)N1CCCCC1. The van der Waals surface area contributed by atoms with Gasteiger partial charge in [0.25, 0.3) is 5.91 Å². The maximum absolute atomic E-state index is 13.0. The van der Waals surface area contributed by atoms with E-state index in [-0.39, 0.29) is 34.4 Å². The summed E-state index contributed by atoms with van der Waals surface area (Å²) in [4.78, 5) is 14.8. The third kappa shape index (κ3) is 6.51. The summed E-state index contributed by atoms with van der Waals surface area (Å²) in [5, 5.41) is 0. The Bertz CT molecular complexity index is 1240. The van der Waals surface area contributed by atoms with Crippen LogP contribution in [-0.4, -0.2) is 79.4 Å². The van der Waals surface area contributed by atoms with Crippen LogP contribution in [0, 0.1) is 0 Å². The van der Waals surface area contributed by atoms with E-state index in [0.717, 1.165) is 23.6 Å². The first-order valence-electron chi connectivity index (χ1n) is 11.2. The standard InChI is InChI=1S/C23H31N3O7S2/c1-25(2)35(30,31)19-9-7-18(8-10-19)33-16-13-24-34(28,29)20-11-12-22(32-3)21(17-20)23(27)26-14-5-4-6-15-26/h7-12,17,24H,4-6,13-16H2,1-3H3. The van der Waals surface area contributed by atoms with Crippen LogP contribution in [0.5, 0.6) is 11.5 Å². The summed E-state index contributed by atoms with van der Waals surface area (Å²) in [6.07, 6.45) is 2.91. The smallest absolute Gasteiger partial charge is 0.257 e. The van der Waals surface area contributed by atoms with E-state index in [1.807, 2.05) is 0 Å².